The number of anilines is 1. The van der Waals surface area contributed by atoms with Gasteiger partial charge in [-0.25, -0.2) is 0 Å². The molecule has 0 unspecified atom stereocenters. The minimum Gasteiger partial charge on any atom is -0.368 e. The number of piperazine rings is 1. The second-order valence-corrected chi connectivity index (χ2v) is 5.46. The zero-order valence-electron chi connectivity index (χ0n) is 11.5. The van der Waals surface area contributed by atoms with Gasteiger partial charge in [0.05, 0.1) is 16.9 Å². The summed E-state index contributed by atoms with van der Waals surface area (Å²) >= 11 is 5.94. The highest BCUT2D eigenvalue weighted by molar-refractivity contribution is 6.30. The monoisotopic (exact) mass is 302 g/mol. The SMILES string of the molecule is N#Cc1cc(Cl)ccc1N1CCN(Cc2ccon2)CC1. The molecule has 0 N–H and O–H groups in total. The van der Waals surface area contributed by atoms with Crippen LogP contribution in [0.2, 0.25) is 5.02 Å². The van der Waals surface area contributed by atoms with Gasteiger partial charge in [-0.15, -0.1) is 0 Å². The van der Waals surface area contributed by atoms with Gasteiger partial charge in [-0.2, -0.15) is 5.26 Å². The van der Waals surface area contributed by atoms with Gasteiger partial charge in [-0.05, 0) is 18.2 Å². The summed E-state index contributed by atoms with van der Waals surface area (Å²) in [6, 6.07) is 9.59. The maximum absolute atomic E-state index is 9.23. The van der Waals surface area contributed by atoms with Crippen molar-refractivity contribution >= 4 is 17.3 Å². The molecule has 2 aromatic rings. The molecule has 5 nitrogen and oxygen atoms in total. The minimum atomic E-state index is 0.597. The first-order valence-corrected chi connectivity index (χ1v) is 7.20. The summed E-state index contributed by atoms with van der Waals surface area (Å²) in [6.07, 6.45) is 1.60. The molecule has 0 bridgehead atoms. The van der Waals surface area contributed by atoms with E-state index < -0.39 is 0 Å². The van der Waals surface area contributed by atoms with Gasteiger partial charge in [-0.1, -0.05) is 16.8 Å². The van der Waals surface area contributed by atoms with Crippen LogP contribution >= 0.6 is 11.6 Å². The first-order valence-electron chi connectivity index (χ1n) is 6.82. The fourth-order valence-electron chi connectivity index (χ4n) is 2.57. The van der Waals surface area contributed by atoms with E-state index in [1.807, 2.05) is 18.2 Å². The molecule has 2 heterocycles. The van der Waals surface area contributed by atoms with Gasteiger partial charge >= 0.3 is 0 Å². The molecule has 0 amide bonds. The molecule has 1 aromatic heterocycles. The smallest absolute Gasteiger partial charge is 0.124 e. The van der Waals surface area contributed by atoms with E-state index in [1.165, 1.54) is 0 Å². The maximum atomic E-state index is 9.23. The fraction of sp³-hybridized carbons (Fsp3) is 0.333. The number of halogens is 1. The van der Waals surface area contributed by atoms with Gasteiger partial charge in [0.15, 0.2) is 0 Å². The molecular formula is C15H15ClN4O. The molecule has 1 aliphatic rings. The Bertz CT molecular complexity index is 642. The largest absolute Gasteiger partial charge is 0.368 e. The van der Waals surface area contributed by atoms with Crippen molar-refractivity contribution in [3.05, 3.63) is 46.8 Å². The summed E-state index contributed by atoms with van der Waals surface area (Å²) in [6.45, 7) is 4.43. The molecule has 0 atom stereocenters. The van der Waals surface area contributed by atoms with E-state index in [0.29, 0.717) is 10.6 Å². The Hall–Kier alpha value is -2.03. The summed E-state index contributed by atoms with van der Waals surface area (Å²) in [4.78, 5) is 4.56. The number of nitrogens with zero attached hydrogens (tertiary/aromatic N) is 4. The zero-order chi connectivity index (χ0) is 14.7. The number of hydrogen-bond acceptors (Lipinski definition) is 5. The van der Waals surface area contributed by atoms with Crippen LogP contribution in [-0.2, 0) is 6.54 Å². The highest BCUT2D eigenvalue weighted by Gasteiger charge is 2.20. The number of aromatic nitrogens is 1. The van der Waals surface area contributed by atoms with E-state index >= 15 is 0 Å². The van der Waals surface area contributed by atoms with Gasteiger partial charge in [0.1, 0.15) is 12.3 Å². The first-order chi connectivity index (χ1) is 10.3. The van der Waals surface area contributed by atoms with Crippen molar-refractivity contribution in [2.75, 3.05) is 31.1 Å². The number of nitriles is 1. The predicted octanol–water partition coefficient (Wildman–Crippen LogP) is 2.52. The summed E-state index contributed by atoms with van der Waals surface area (Å²) in [7, 11) is 0. The lowest BCUT2D eigenvalue weighted by Gasteiger charge is -2.36. The molecular weight excluding hydrogens is 288 g/mol. The molecule has 1 aromatic carbocycles. The Morgan fingerprint density at radius 3 is 2.71 bits per heavy atom. The van der Waals surface area contributed by atoms with Gasteiger partial charge < -0.3 is 9.42 Å². The topological polar surface area (TPSA) is 56.3 Å². The van der Waals surface area contributed by atoms with E-state index in [4.69, 9.17) is 16.1 Å². The predicted molar refractivity (Wildman–Crippen MR) is 80.2 cm³/mol. The average Bonchev–Trinajstić information content (AvgIpc) is 3.01. The first kappa shape index (κ1) is 13.9. The van der Waals surface area contributed by atoms with Crippen molar-refractivity contribution in [2.45, 2.75) is 6.54 Å². The molecule has 1 aliphatic heterocycles. The van der Waals surface area contributed by atoms with Crippen molar-refractivity contribution in [1.82, 2.24) is 10.1 Å². The highest BCUT2D eigenvalue weighted by atomic mass is 35.5. The third-order valence-electron chi connectivity index (χ3n) is 3.67. The quantitative estimate of drug-likeness (QED) is 0.872. The van der Waals surface area contributed by atoms with E-state index in [-0.39, 0.29) is 0 Å². The van der Waals surface area contributed by atoms with Crippen LogP contribution < -0.4 is 4.90 Å². The molecule has 3 rings (SSSR count). The Kier molecular flexibility index (Phi) is 4.09. The summed E-state index contributed by atoms with van der Waals surface area (Å²) in [5.74, 6) is 0. The van der Waals surface area contributed by atoms with Crippen molar-refractivity contribution < 1.29 is 4.52 Å². The normalized spacial score (nSPS) is 15.9. The molecule has 0 radical (unpaired) electrons. The molecule has 1 fully saturated rings. The van der Waals surface area contributed by atoms with Crippen LogP contribution in [-0.4, -0.2) is 36.2 Å². The molecule has 6 heteroatoms. The van der Waals surface area contributed by atoms with E-state index in [2.05, 4.69) is 21.0 Å². The fourth-order valence-corrected chi connectivity index (χ4v) is 2.74. The van der Waals surface area contributed by atoms with Gasteiger partial charge in [0.25, 0.3) is 0 Å². The van der Waals surface area contributed by atoms with Crippen LogP contribution in [0, 0.1) is 11.3 Å². The van der Waals surface area contributed by atoms with Gasteiger partial charge in [0.2, 0.25) is 0 Å². The zero-order valence-corrected chi connectivity index (χ0v) is 12.3. The van der Waals surface area contributed by atoms with Crippen LogP contribution in [0.25, 0.3) is 0 Å². The lowest BCUT2D eigenvalue weighted by atomic mass is 10.1. The van der Waals surface area contributed by atoms with Crippen LogP contribution in [0.4, 0.5) is 5.69 Å². The Morgan fingerprint density at radius 1 is 1.24 bits per heavy atom. The standard InChI is InChI=1S/C15H15ClN4O/c16-13-1-2-15(12(9-13)10-17)20-6-4-19(5-7-20)11-14-3-8-21-18-14/h1-3,8-9H,4-7,11H2. The van der Waals surface area contributed by atoms with Crippen molar-refractivity contribution in [1.29, 1.82) is 5.26 Å². The lowest BCUT2D eigenvalue weighted by molar-refractivity contribution is 0.242. The Balaban J connectivity index is 1.65. The van der Waals surface area contributed by atoms with Crippen molar-refractivity contribution in [2.24, 2.45) is 0 Å². The number of hydrogen-bond donors (Lipinski definition) is 0. The van der Waals surface area contributed by atoms with Crippen molar-refractivity contribution in [3.63, 3.8) is 0 Å². The van der Waals surface area contributed by atoms with Crippen LogP contribution in [0.5, 0.6) is 0 Å². The van der Waals surface area contributed by atoms with E-state index in [0.717, 1.165) is 44.1 Å². The summed E-state index contributed by atoms with van der Waals surface area (Å²) < 4.78 is 4.85. The second kappa shape index (κ2) is 6.17. The average molecular weight is 303 g/mol. The Labute approximate surface area is 128 Å². The highest BCUT2D eigenvalue weighted by Crippen LogP contribution is 2.25. The molecule has 0 spiro atoms. The molecule has 0 aliphatic carbocycles. The lowest BCUT2D eigenvalue weighted by Crippen LogP contribution is -2.46. The van der Waals surface area contributed by atoms with Crippen molar-refractivity contribution in [3.8, 4) is 6.07 Å². The van der Waals surface area contributed by atoms with Gasteiger partial charge in [-0.3, -0.25) is 4.90 Å². The van der Waals surface area contributed by atoms with E-state index in [9.17, 15) is 5.26 Å². The molecule has 0 saturated carbocycles. The van der Waals surface area contributed by atoms with Crippen LogP contribution in [0.15, 0.2) is 35.1 Å². The van der Waals surface area contributed by atoms with E-state index in [1.54, 1.807) is 12.3 Å². The molecule has 1 saturated heterocycles. The van der Waals surface area contributed by atoms with Crippen LogP contribution in [0.1, 0.15) is 11.3 Å². The molecule has 21 heavy (non-hydrogen) atoms. The summed E-state index contributed by atoms with van der Waals surface area (Å²) in [5.41, 5.74) is 2.54. The Morgan fingerprint density at radius 2 is 2.05 bits per heavy atom. The minimum absolute atomic E-state index is 0.597. The third kappa shape index (κ3) is 3.18. The van der Waals surface area contributed by atoms with Crippen LogP contribution in [0.3, 0.4) is 0 Å². The maximum Gasteiger partial charge on any atom is 0.124 e. The number of rotatable bonds is 3. The second-order valence-electron chi connectivity index (χ2n) is 5.03. The molecule has 108 valence electrons. The summed E-state index contributed by atoms with van der Waals surface area (Å²) in [5, 5.41) is 13.8. The van der Waals surface area contributed by atoms with Gasteiger partial charge in [0, 0.05) is 43.8 Å². The third-order valence-corrected chi connectivity index (χ3v) is 3.90. The number of benzene rings is 1.